The molecule has 7 nitrogen and oxygen atoms in total. The summed E-state index contributed by atoms with van der Waals surface area (Å²) in [6, 6.07) is 13.0. The lowest BCUT2D eigenvalue weighted by molar-refractivity contribution is 0.292. The normalized spacial score (nSPS) is 14.5. The van der Waals surface area contributed by atoms with Gasteiger partial charge in [-0.3, -0.25) is 0 Å². The van der Waals surface area contributed by atoms with Crippen molar-refractivity contribution < 1.29 is 5.11 Å². The van der Waals surface area contributed by atoms with Gasteiger partial charge in [-0.2, -0.15) is 10.5 Å². The molecule has 0 saturated carbocycles. The Bertz CT molecular complexity index is 1010. The first-order chi connectivity index (χ1) is 16.1. The van der Waals surface area contributed by atoms with Crippen LogP contribution in [0.4, 0.5) is 5.82 Å². The molecule has 0 spiro atoms. The molecule has 2 N–H and O–H groups in total. The molecule has 0 amide bonds. The van der Waals surface area contributed by atoms with Crippen molar-refractivity contribution in [3.05, 3.63) is 52.1 Å². The highest BCUT2D eigenvalue weighted by Crippen LogP contribution is 2.33. The maximum Gasteiger partial charge on any atom is 0.148 e. The van der Waals surface area contributed by atoms with Gasteiger partial charge < -0.3 is 20.2 Å². The number of aromatic nitrogens is 1. The van der Waals surface area contributed by atoms with E-state index in [1.54, 1.807) is 11.8 Å². The summed E-state index contributed by atoms with van der Waals surface area (Å²) in [6.45, 7) is 7.06. The monoisotopic (exact) mass is 464 g/mol. The minimum absolute atomic E-state index is 0.128. The van der Waals surface area contributed by atoms with E-state index in [0.29, 0.717) is 34.9 Å². The highest BCUT2D eigenvalue weighted by Gasteiger charge is 2.24. The Labute approximate surface area is 201 Å². The van der Waals surface area contributed by atoms with E-state index in [-0.39, 0.29) is 6.61 Å². The maximum atomic E-state index is 9.94. The van der Waals surface area contributed by atoms with Crippen LogP contribution in [-0.2, 0) is 18.7 Å². The van der Waals surface area contributed by atoms with Gasteiger partial charge in [0.2, 0.25) is 0 Å². The number of hydrogen-bond donors (Lipinski definition) is 2. The van der Waals surface area contributed by atoms with Crippen LogP contribution in [0.2, 0.25) is 0 Å². The first-order valence-electron chi connectivity index (χ1n) is 11.4. The summed E-state index contributed by atoms with van der Waals surface area (Å²) in [5.74, 6) is 1.42. The minimum atomic E-state index is 0.128. The zero-order valence-corrected chi connectivity index (χ0v) is 20.3. The lowest BCUT2D eigenvalue weighted by atomic mass is 10.0. The number of likely N-dealkylation sites (N-methyl/N-ethyl adjacent to an activating group) is 1. The van der Waals surface area contributed by atoms with Crippen LogP contribution in [0.3, 0.4) is 0 Å². The first kappa shape index (κ1) is 25.0. The highest BCUT2D eigenvalue weighted by molar-refractivity contribution is 7.98. The zero-order chi connectivity index (χ0) is 23.6. The average Bonchev–Trinajstić information content (AvgIpc) is 3.06. The molecule has 0 radical (unpaired) electrons. The van der Waals surface area contributed by atoms with Gasteiger partial charge >= 0.3 is 0 Å². The van der Waals surface area contributed by atoms with Crippen molar-refractivity contribution in [1.29, 1.82) is 10.5 Å². The average molecular weight is 465 g/mol. The quantitative estimate of drug-likeness (QED) is 0.432. The second kappa shape index (κ2) is 12.6. The number of benzene rings is 1. The van der Waals surface area contributed by atoms with E-state index in [2.05, 4.69) is 58.6 Å². The van der Waals surface area contributed by atoms with Gasteiger partial charge in [-0.05, 0) is 43.1 Å². The SMILES string of the molecule is CCc1c(C#N)c(SCc2ccc(CNCCO)cc2)nc(N2CCCN(C)CC2)c1C#N. The van der Waals surface area contributed by atoms with Gasteiger partial charge in [0.1, 0.15) is 23.0 Å². The molecule has 1 aromatic carbocycles. The van der Waals surface area contributed by atoms with Crippen LogP contribution < -0.4 is 10.2 Å². The van der Waals surface area contributed by atoms with Crippen LogP contribution in [-0.4, -0.2) is 61.4 Å². The molecule has 1 aliphatic heterocycles. The molecule has 0 unspecified atom stereocenters. The van der Waals surface area contributed by atoms with Gasteiger partial charge in [-0.15, -0.1) is 11.8 Å². The first-order valence-corrected chi connectivity index (χ1v) is 12.4. The van der Waals surface area contributed by atoms with Gasteiger partial charge in [-0.25, -0.2) is 4.98 Å². The number of nitriles is 2. The molecule has 1 aromatic heterocycles. The van der Waals surface area contributed by atoms with E-state index in [1.807, 2.05) is 6.92 Å². The standard InChI is InChI=1S/C25H32N6OS/c1-3-21-22(15-26)24(31-11-4-10-30(2)12-13-31)29-25(23(21)16-27)33-18-20-7-5-19(6-8-20)17-28-9-14-32/h5-8,28,32H,3-4,9-14,17-18H2,1-2H3. The number of thioether (sulfide) groups is 1. The van der Waals surface area contributed by atoms with Crippen molar-refractivity contribution in [3.63, 3.8) is 0 Å². The molecule has 1 aliphatic rings. The van der Waals surface area contributed by atoms with Gasteiger partial charge in [0, 0.05) is 38.5 Å². The van der Waals surface area contributed by atoms with Crippen LogP contribution in [0, 0.1) is 22.7 Å². The molecule has 3 rings (SSSR count). The molecule has 2 aromatic rings. The minimum Gasteiger partial charge on any atom is -0.395 e. The molecule has 0 aliphatic carbocycles. The van der Waals surface area contributed by atoms with E-state index >= 15 is 0 Å². The summed E-state index contributed by atoms with van der Waals surface area (Å²) in [6.07, 6.45) is 1.64. The number of hydrogen-bond acceptors (Lipinski definition) is 8. The van der Waals surface area contributed by atoms with Crippen molar-refractivity contribution in [1.82, 2.24) is 15.2 Å². The van der Waals surface area contributed by atoms with Crippen molar-refractivity contribution in [2.45, 2.75) is 37.1 Å². The summed E-state index contributed by atoms with van der Waals surface area (Å²) >= 11 is 1.56. The van der Waals surface area contributed by atoms with Gasteiger partial charge in [0.25, 0.3) is 0 Å². The summed E-state index contributed by atoms with van der Waals surface area (Å²) in [7, 11) is 2.12. The second-order valence-corrected chi connectivity index (χ2v) is 9.16. The fourth-order valence-electron chi connectivity index (χ4n) is 3.99. The Morgan fingerprint density at radius 3 is 2.45 bits per heavy atom. The predicted octanol–water partition coefficient (Wildman–Crippen LogP) is 2.90. The Morgan fingerprint density at radius 2 is 1.79 bits per heavy atom. The number of anilines is 1. The smallest absolute Gasteiger partial charge is 0.148 e. The fourth-order valence-corrected chi connectivity index (χ4v) is 4.95. The maximum absolute atomic E-state index is 9.94. The third kappa shape index (κ3) is 6.46. The molecular formula is C25H32N6OS. The number of rotatable bonds is 9. The van der Waals surface area contributed by atoms with Crippen LogP contribution in [0.15, 0.2) is 29.3 Å². The van der Waals surface area contributed by atoms with Crippen molar-refractivity contribution in [2.24, 2.45) is 0 Å². The molecular weight excluding hydrogens is 432 g/mol. The van der Waals surface area contributed by atoms with E-state index in [4.69, 9.17) is 10.1 Å². The van der Waals surface area contributed by atoms with Crippen LogP contribution >= 0.6 is 11.8 Å². The Balaban J connectivity index is 1.85. The highest BCUT2D eigenvalue weighted by atomic mass is 32.2. The Hall–Kier alpha value is -2.62. The molecule has 174 valence electrons. The van der Waals surface area contributed by atoms with Crippen molar-refractivity contribution in [2.75, 3.05) is 51.3 Å². The number of aliphatic hydroxyl groups is 1. The summed E-state index contributed by atoms with van der Waals surface area (Å²) in [5, 5.41) is 32.6. The van der Waals surface area contributed by atoms with E-state index in [9.17, 15) is 10.5 Å². The van der Waals surface area contributed by atoms with Crippen molar-refractivity contribution in [3.8, 4) is 12.1 Å². The lowest BCUT2D eigenvalue weighted by Crippen LogP contribution is -2.30. The topological polar surface area (TPSA) is 99.2 Å². The van der Waals surface area contributed by atoms with Gasteiger partial charge in [-0.1, -0.05) is 31.2 Å². The molecule has 0 bridgehead atoms. The number of nitrogens with one attached hydrogen (secondary N) is 1. The van der Waals surface area contributed by atoms with E-state index < -0.39 is 0 Å². The number of aliphatic hydroxyl groups excluding tert-OH is 1. The van der Waals surface area contributed by atoms with Crippen LogP contribution in [0.25, 0.3) is 0 Å². The van der Waals surface area contributed by atoms with Crippen LogP contribution in [0.5, 0.6) is 0 Å². The molecule has 1 fully saturated rings. The third-order valence-corrected chi connectivity index (χ3v) is 6.91. The Morgan fingerprint density at radius 1 is 1.06 bits per heavy atom. The fraction of sp³-hybridized carbons (Fsp3) is 0.480. The number of nitrogens with zero attached hydrogens (tertiary/aromatic N) is 5. The van der Waals surface area contributed by atoms with Crippen molar-refractivity contribution >= 4 is 17.6 Å². The van der Waals surface area contributed by atoms with Crippen LogP contribution in [0.1, 0.15) is 41.2 Å². The molecule has 2 heterocycles. The van der Waals surface area contributed by atoms with E-state index in [1.165, 1.54) is 0 Å². The molecule has 8 heteroatoms. The second-order valence-electron chi connectivity index (χ2n) is 8.20. The van der Waals surface area contributed by atoms with Gasteiger partial charge in [0.15, 0.2) is 0 Å². The largest absolute Gasteiger partial charge is 0.395 e. The Kier molecular flexibility index (Phi) is 9.53. The summed E-state index contributed by atoms with van der Waals surface area (Å²) in [5.41, 5.74) is 4.18. The number of pyridine rings is 1. The van der Waals surface area contributed by atoms with Gasteiger partial charge in [0.05, 0.1) is 17.7 Å². The molecule has 0 atom stereocenters. The summed E-state index contributed by atoms with van der Waals surface area (Å²) in [4.78, 5) is 9.40. The third-order valence-electron chi connectivity index (χ3n) is 5.86. The predicted molar refractivity (Wildman–Crippen MR) is 132 cm³/mol. The molecule has 1 saturated heterocycles. The lowest BCUT2D eigenvalue weighted by Gasteiger charge is -2.25. The summed E-state index contributed by atoms with van der Waals surface area (Å²) < 4.78 is 0. The van der Waals surface area contributed by atoms with E-state index in [0.717, 1.165) is 61.7 Å². The molecule has 33 heavy (non-hydrogen) atoms. The zero-order valence-electron chi connectivity index (χ0n) is 19.5.